The lowest BCUT2D eigenvalue weighted by Crippen LogP contribution is -1.98. The molecule has 0 aliphatic rings. The largest absolute Gasteiger partial charge is 0.340 e. The zero-order chi connectivity index (χ0) is 53.1. The summed E-state index contributed by atoms with van der Waals surface area (Å²) >= 11 is 0. The van der Waals surface area contributed by atoms with Crippen molar-refractivity contribution in [2.24, 2.45) is 42.3 Å². The van der Waals surface area contributed by atoms with Crippen LogP contribution in [0.3, 0.4) is 0 Å². The topological polar surface area (TPSA) is 107 Å². The van der Waals surface area contributed by atoms with E-state index in [2.05, 4.69) is 113 Å². The SMILES string of the molecule is CC.CC.CC.CC.CC.CC.CC(C)c1ccn(C)n1.CC(C)c1ccn(C)n1.CC(C)c1ccnn1C.CC(C)c1cn(C)cn1.CC(C)c1cncn1C.CC(C)c1nccn1C. The summed E-state index contributed by atoms with van der Waals surface area (Å²) in [5.74, 6) is 4.48. The summed E-state index contributed by atoms with van der Waals surface area (Å²) in [7, 11) is 11.9. The molecule has 12 heteroatoms. The van der Waals surface area contributed by atoms with Crippen LogP contribution < -0.4 is 0 Å². The van der Waals surface area contributed by atoms with Gasteiger partial charge in [0.15, 0.2) is 0 Å². The van der Waals surface area contributed by atoms with Gasteiger partial charge in [0, 0.05) is 103 Å². The number of hydrogen-bond acceptors (Lipinski definition) is 6. The van der Waals surface area contributed by atoms with Gasteiger partial charge < -0.3 is 13.7 Å². The summed E-state index contributed by atoms with van der Waals surface area (Å²) in [6.07, 6.45) is 17.2. The summed E-state index contributed by atoms with van der Waals surface area (Å²) in [5.41, 5.74) is 6.07. The summed E-state index contributed by atoms with van der Waals surface area (Å²) in [6.45, 7) is 49.8. The molecule has 0 radical (unpaired) electrons. The first kappa shape index (κ1) is 72.8. The van der Waals surface area contributed by atoms with Gasteiger partial charge in [-0.05, 0) is 47.8 Å². The van der Waals surface area contributed by atoms with Crippen LogP contribution in [-0.4, -0.2) is 58.0 Å². The van der Waals surface area contributed by atoms with E-state index in [0.29, 0.717) is 35.5 Å². The van der Waals surface area contributed by atoms with E-state index in [1.807, 2.05) is 227 Å². The van der Waals surface area contributed by atoms with E-state index >= 15 is 0 Å². The fourth-order valence-electron chi connectivity index (χ4n) is 5.02. The molecule has 6 rings (SSSR count). The first-order valence-electron chi connectivity index (χ1n) is 25.1. The molecule has 0 amide bonds. The first-order valence-corrected chi connectivity index (χ1v) is 25.1. The van der Waals surface area contributed by atoms with E-state index in [0.717, 1.165) is 22.9 Å². The minimum Gasteiger partial charge on any atom is -0.340 e. The molecule has 0 unspecified atom stereocenters. The molecule has 0 N–H and O–H groups in total. The minimum absolute atomic E-state index is 0.532. The molecule has 0 bridgehead atoms. The van der Waals surface area contributed by atoms with Gasteiger partial charge in [-0.1, -0.05) is 166 Å². The van der Waals surface area contributed by atoms with Crippen LogP contribution in [0.15, 0.2) is 74.2 Å². The van der Waals surface area contributed by atoms with Crippen molar-refractivity contribution in [3.05, 3.63) is 109 Å². The number of aromatic nitrogens is 12. The molecule has 0 aliphatic heterocycles. The van der Waals surface area contributed by atoms with E-state index in [1.165, 1.54) is 11.4 Å². The Morgan fingerprint density at radius 1 is 0.409 bits per heavy atom. The van der Waals surface area contributed by atoms with Gasteiger partial charge in [0.2, 0.25) is 0 Å². The average Bonchev–Trinajstić information content (AvgIpc) is 4.18. The maximum atomic E-state index is 4.23. The second-order valence-corrected chi connectivity index (χ2v) is 15.4. The molecule has 0 atom stereocenters. The van der Waals surface area contributed by atoms with Gasteiger partial charge in [0.25, 0.3) is 0 Å². The van der Waals surface area contributed by atoms with E-state index in [-0.39, 0.29) is 0 Å². The molecule has 12 nitrogen and oxygen atoms in total. The molecular formula is C54H108N12. The molecule has 66 heavy (non-hydrogen) atoms. The summed E-state index contributed by atoms with van der Waals surface area (Å²) in [6, 6.07) is 6.14. The fourth-order valence-corrected chi connectivity index (χ4v) is 5.02. The van der Waals surface area contributed by atoms with E-state index < -0.39 is 0 Å². The Bertz CT molecular complexity index is 1610. The second kappa shape index (κ2) is 46.8. The smallest absolute Gasteiger partial charge is 0.110 e. The van der Waals surface area contributed by atoms with Crippen molar-refractivity contribution in [3.8, 4) is 0 Å². The van der Waals surface area contributed by atoms with Crippen LogP contribution in [0, 0.1) is 0 Å². The number of hydrogen-bond donors (Lipinski definition) is 0. The molecule has 0 aromatic carbocycles. The average molecular weight is 926 g/mol. The summed E-state index contributed by atoms with van der Waals surface area (Å²) < 4.78 is 11.6. The zero-order valence-electron chi connectivity index (χ0n) is 48.8. The van der Waals surface area contributed by atoms with Crippen molar-refractivity contribution in [2.75, 3.05) is 0 Å². The molecule has 6 aromatic heterocycles. The Balaban J connectivity index is -0.000000156. The minimum atomic E-state index is 0.532. The Morgan fingerprint density at radius 3 is 0.985 bits per heavy atom. The third kappa shape index (κ3) is 34.6. The van der Waals surface area contributed by atoms with Crippen LogP contribution in [0.4, 0.5) is 0 Å². The monoisotopic (exact) mass is 925 g/mol. The molecule has 0 saturated heterocycles. The number of aryl methyl sites for hydroxylation is 6. The molecule has 0 aliphatic carbocycles. The highest BCUT2D eigenvalue weighted by Gasteiger charge is 2.04. The van der Waals surface area contributed by atoms with Gasteiger partial charge in [0.05, 0.1) is 29.7 Å². The van der Waals surface area contributed by atoms with Gasteiger partial charge in [0.1, 0.15) is 5.82 Å². The molecular weight excluding hydrogens is 817 g/mol. The predicted molar refractivity (Wildman–Crippen MR) is 292 cm³/mol. The third-order valence-corrected chi connectivity index (χ3v) is 8.24. The van der Waals surface area contributed by atoms with Crippen molar-refractivity contribution in [1.82, 2.24) is 58.0 Å². The van der Waals surface area contributed by atoms with Crippen LogP contribution in [0.5, 0.6) is 0 Å². The molecule has 384 valence electrons. The zero-order valence-corrected chi connectivity index (χ0v) is 48.8. The molecule has 6 aromatic rings. The lowest BCUT2D eigenvalue weighted by Gasteiger charge is -2.03. The Labute approximate surface area is 409 Å². The van der Waals surface area contributed by atoms with Crippen LogP contribution in [0.25, 0.3) is 0 Å². The highest BCUT2D eigenvalue weighted by atomic mass is 15.3. The maximum Gasteiger partial charge on any atom is 0.110 e. The lowest BCUT2D eigenvalue weighted by atomic mass is 10.1. The van der Waals surface area contributed by atoms with Gasteiger partial charge in [-0.25, -0.2) is 15.0 Å². The quantitative estimate of drug-likeness (QED) is 0.165. The molecule has 0 fully saturated rings. The molecule has 0 spiro atoms. The van der Waals surface area contributed by atoms with Crippen molar-refractivity contribution < 1.29 is 0 Å². The standard InChI is InChI=1S/6C7H12N2.6C2H6/c1-6(2)7-4-9(3)5-8-7;1-6(2)7-4-8-5-9(7)3;1-6(2)7-8-4-5-9(7)3;2*1-6(2)7-4-5-9(3)8-7;1-6(2)7-4-5-8-9(7)3;6*1-2/h6*4-6H,1-3H3;6*1-2H3. The molecule has 0 saturated carbocycles. The Morgan fingerprint density at radius 2 is 0.833 bits per heavy atom. The van der Waals surface area contributed by atoms with Crippen LogP contribution in [-0.2, 0) is 42.3 Å². The second-order valence-electron chi connectivity index (χ2n) is 15.4. The molecule has 6 heterocycles. The van der Waals surface area contributed by atoms with Gasteiger partial charge in [-0.3, -0.25) is 14.0 Å². The van der Waals surface area contributed by atoms with Crippen molar-refractivity contribution in [3.63, 3.8) is 0 Å². The number of nitrogens with zero attached hydrogens (tertiary/aromatic N) is 12. The van der Waals surface area contributed by atoms with E-state index in [1.54, 1.807) is 0 Å². The van der Waals surface area contributed by atoms with E-state index in [9.17, 15) is 0 Å². The van der Waals surface area contributed by atoms with Crippen LogP contribution in [0.2, 0.25) is 0 Å². The van der Waals surface area contributed by atoms with Crippen molar-refractivity contribution in [1.29, 1.82) is 0 Å². The number of imidazole rings is 3. The Kier molecular flexibility index (Phi) is 51.6. The summed E-state index contributed by atoms with van der Waals surface area (Å²) in [4.78, 5) is 12.4. The summed E-state index contributed by atoms with van der Waals surface area (Å²) in [5, 5.41) is 12.5. The van der Waals surface area contributed by atoms with E-state index in [4.69, 9.17) is 0 Å². The highest BCUT2D eigenvalue weighted by molar-refractivity contribution is 5.06. The third-order valence-electron chi connectivity index (χ3n) is 8.24. The fraction of sp³-hybridized carbons (Fsp3) is 0.667. The van der Waals surface area contributed by atoms with Gasteiger partial charge in [-0.15, -0.1) is 0 Å². The van der Waals surface area contributed by atoms with Gasteiger partial charge in [-0.2, -0.15) is 15.3 Å². The van der Waals surface area contributed by atoms with Gasteiger partial charge >= 0.3 is 0 Å². The van der Waals surface area contributed by atoms with Crippen LogP contribution >= 0.6 is 0 Å². The lowest BCUT2D eigenvalue weighted by molar-refractivity contribution is 0.669. The van der Waals surface area contributed by atoms with Crippen LogP contribution in [0.1, 0.15) is 236 Å². The van der Waals surface area contributed by atoms with Crippen molar-refractivity contribution in [2.45, 2.75) is 202 Å². The highest BCUT2D eigenvalue weighted by Crippen LogP contribution is 2.13. The Hall–Kier alpha value is -4.74. The maximum absolute atomic E-state index is 4.23. The van der Waals surface area contributed by atoms with Crippen molar-refractivity contribution >= 4 is 0 Å². The predicted octanol–water partition coefficient (Wildman–Crippen LogP) is 15.4. The normalized spacial score (nSPS) is 9.27. The first-order chi connectivity index (χ1) is 31.2. The number of rotatable bonds is 6.